The Morgan fingerprint density at radius 2 is 2.18 bits per heavy atom. The Morgan fingerprint density at radius 3 is 2.55 bits per heavy atom. The van der Waals surface area contributed by atoms with E-state index < -0.39 is 5.91 Å². The van der Waals surface area contributed by atoms with E-state index in [4.69, 9.17) is 5.73 Å². The van der Waals surface area contributed by atoms with Crippen LogP contribution in [0.15, 0.2) is 24.3 Å². The molecule has 60 valence electrons. The Bertz CT molecular complexity index is 224. The van der Waals surface area contributed by atoms with Crippen LogP contribution in [0.1, 0.15) is 19.8 Å². The van der Waals surface area contributed by atoms with E-state index in [0.29, 0.717) is 11.0 Å². The summed E-state index contributed by atoms with van der Waals surface area (Å²) in [4.78, 5) is 10.5. The third kappa shape index (κ3) is 2.22. The van der Waals surface area contributed by atoms with Crippen LogP contribution in [0.2, 0.25) is 0 Å². The summed E-state index contributed by atoms with van der Waals surface area (Å²) >= 11 is 0. The monoisotopic (exact) mass is 151 g/mol. The molecule has 0 heterocycles. The average molecular weight is 151 g/mol. The lowest BCUT2D eigenvalue weighted by atomic mass is 10.1. The molecule has 0 unspecified atom stereocenters. The highest BCUT2D eigenvalue weighted by Gasteiger charge is 2.33. The Hall–Kier alpha value is -1.05. The van der Waals surface area contributed by atoms with E-state index in [9.17, 15) is 4.79 Å². The largest absolute Gasteiger partial charge is 0.366 e. The van der Waals surface area contributed by atoms with Crippen molar-refractivity contribution in [3.63, 3.8) is 0 Å². The molecule has 0 bridgehead atoms. The Labute approximate surface area is 66.8 Å². The standard InChI is InChI=1S/C9H13NO/c1-7(8(10)11)3-4-9(2)5-6-9/h3-4H,1,5-6H2,2H3,(H2,10,11)/b4-3+. The summed E-state index contributed by atoms with van der Waals surface area (Å²) in [6.07, 6.45) is 6.14. The third-order valence-electron chi connectivity index (χ3n) is 2.04. The molecule has 0 saturated heterocycles. The highest BCUT2D eigenvalue weighted by molar-refractivity contribution is 5.94. The van der Waals surface area contributed by atoms with Gasteiger partial charge in [0.15, 0.2) is 0 Å². The van der Waals surface area contributed by atoms with Crippen molar-refractivity contribution >= 4 is 5.91 Å². The fourth-order valence-corrected chi connectivity index (χ4v) is 0.748. The van der Waals surface area contributed by atoms with Crippen molar-refractivity contribution < 1.29 is 4.79 Å². The molecule has 0 radical (unpaired) electrons. The van der Waals surface area contributed by atoms with Gasteiger partial charge in [-0.15, -0.1) is 0 Å². The Kier molecular flexibility index (Phi) is 1.85. The highest BCUT2D eigenvalue weighted by atomic mass is 16.1. The number of carbonyl (C=O) groups excluding carboxylic acids is 1. The summed E-state index contributed by atoms with van der Waals surface area (Å²) in [5.41, 5.74) is 5.70. The topological polar surface area (TPSA) is 43.1 Å². The highest BCUT2D eigenvalue weighted by Crippen LogP contribution is 2.46. The molecule has 1 amide bonds. The molecule has 1 aliphatic rings. The quantitative estimate of drug-likeness (QED) is 0.480. The number of nitrogens with two attached hydrogens (primary N) is 1. The zero-order valence-corrected chi connectivity index (χ0v) is 6.76. The van der Waals surface area contributed by atoms with Gasteiger partial charge < -0.3 is 5.73 Å². The zero-order valence-electron chi connectivity index (χ0n) is 6.76. The number of carbonyl (C=O) groups is 1. The molecule has 0 aromatic rings. The van der Waals surface area contributed by atoms with Crippen molar-refractivity contribution in [2.75, 3.05) is 0 Å². The summed E-state index contributed by atoms with van der Waals surface area (Å²) in [7, 11) is 0. The van der Waals surface area contributed by atoms with Crippen LogP contribution in [0.3, 0.4) is 0 Å². The van der Waals surface area contributed by atoms with Gasteiger partial charge in [0, 0.05) is 5.57 Å². The van der Waals surface area contributed by atoms with E-state index in [2.05, 4.69) is 13.5 Å². The molecule has 0 aliphatic heterocycles. The van der Waals surface area contributed by atoms with Crippen molar-refractivity contribution in [2.24, 2.45) is 11.1 Å². The Balaban J connectivity index is 2.47. The van der Waals surface area contributed by atoms with E-state index in [0.717, 1.165) is 0 Å². The van der Waals surface area contributed by atoms with Gasteiger partial charge in [0.2, 0.25) is 5.91 Å². The van der Waals surface area contributed by atoms with E-state index in [-0.39, 0.29) is 0 Å². The first-order chi connectivity index (χ1) is 5.03. The molecule has 2 N–H and O–H groups in total. The van der Waals surface area contributed by atoms with Gasteiger partial charge in [-0.2, -0.15) is 0 Å². The fourth-order valence-electron chi connectivity index (χ4n) is 0.748. The first kappa shape index (κ1) is 8.05. The molecule has 11 heavy (non-hydrogen) atoms. The predicted molar refractivity (Wildman–Crippen MR) is 44.8 cm³/mol. The summed E-state index contributed by atoms with van der Waals surface area (Å²) in [5, 5.41) is 0. The lowest BCUT2D eigenvalue weighted by Gasteiger charge is -1.97. The first-order valence-electron chi connectivity index (χ1n) is 3.71. The van der Waals surface area contributed by atoms with Gasteiger partial charge in [0.25, 0.3) is 0 Å². The van der Waals surface area contributed by atoms with Gasteiger partial charge in [-0.3, -0.25) is 4.79 Å². The molecule has 0 atom stereocenters. The number of allylic oxidation sites excluding steroid dienone is 1. The van der Waals surface area contributed by atoms with Crippen LogP contribution in [0.4, 0.5) is 0 Å². The molecular formula is C9H13NO. The van der Waals surface area contributed by atoms with E-state index in [1.165, 1.54) is 12.8 Å². The van der Waals surface area contributed by atoms with Crippen molar-refractivity contribution in [3.05, 3.63) is 24.3 Å². The van der Waals surface area contributed by atoms with E-state index in [1.807, 2.05) is 6.08 Å². The van der Waals surface area contributed by atoms with Crippen molar-refractivity contribution in [3.8, 4) is 0 Å². The maximum atomic E-state index is 10.5. The van der Waals surface area contributed by atoms with Gasteiger partial charge in [0.1, 0.15) is 0 Å². The van der Waals surface area contributed by atoms with Gasteiger partial charge in [-0.25, -0.2) is 0 Å². The van der Waals surface area contributed by atoms with Gasteiger partial charge >= 0.3 is 0 Å². The minimum absolute atomic E-state index is 0.318. The predicted octanol–water partition coefficient (Wildman–Crippen LogP) is 1.38. The number of primary amides is 1. The van der Waals surface area contributed by atoms with Gasteiger partial charge in [0.05, 0.1) is 0 Å². The van der Waals surface area contributed by atoms with Crippen LogP contribution in [0, 0.1) is 5.41 Å². The number of hydrogen-bond acceptors (Lipinski definition) is 1. The zero-order chi connectivity index (χ0) is 8.48. The van der Waals surface area contributed by atoms with E-state index in [1.54, 1.807) is 6.08 Å². The molecular weight excluding hydrogens is 138 g/mol. The van der Waals surface area contributed by atoms with Crippen LogP contribution in [-0.2, 0) is 4.79 Å². The van der Waals surface area contributed by atoms with Crippen LogP contribution < -0.4 is 5.73 Å². The molecule has 1 rings (SSSR count). The first-order valence-corrected chi connectivity index (χ1v) is 3.71. The van der Waals surface area contributed by atoms with Crippen molar-refractivity contribution in [2.45, 2.75) is 19.8 Å². The van der Waals surface area contributed by atoms with Gasteiger partial charge in [-0.1, -0.05) is 25.7 Å². The summed E-state index contributed by atoms with van der Waals surface area (Å²) in [6, 6.07) is 0. The summed E-state index contributed by atoms with van der Waals surface area (Å²) in [6.45, 7) is 5.67. The average Bonchev–Trinajstić information content (AvgIpc) is 2.64. The summed E-state index contributed by atoms with van der Waals surface area (Å²) < 4.78 is 0. The minimum Gasteiger partial charge on any atom is -0.366 e. The number of rotatable bonds is 3. The molecule has 1 fully saturated rings. The van der Waals surface area contributed by atoms with Crippen LogP contribution >= 0.6 is 0 Å². The second kappa shape index (κ2) is 2.53. The maximum Gasteiger partial charge on any atom is 0.248 e. The number of amides is 1. The molecule has 2 nitrogen and oxygen atoms in total. The second-order valence-corrected chi connectivity index (χ2v) is 3.38. The minimum atomic E-state index is -0.439. The van der Waals surface area contributed by atoms with Crippen LogP contribution in [0.5, 0.6) is 0 Å². The summed E-state index contributed by atoms with van der Waals surface area (Å²) in [5.74, 6) is -0.439. The van der Waals surface area contributed by atoms with Crippen LogP contribution in [-0.4, -0.2) is 5.91 Å². The lowest BCUT2D eigenvalue weighted by Crippen LogP contribution is -2.11. The third-order valence-corrected chi connectivity index (χ3v) is 2.04. The second-order valence-electron chi connectivity index (χ2n) is 3.38. The molecule has 0 aromatic heterocycles. The molecule has 1 saturated carbocycles. The van der Waals surface area contributed by atoms with Crippen molar-refractivity contribution in [1.82, 2.24) is 0 Å². The molecule has 0 spiro atoms. The van der Waals surface area contributed by atoms with Gasteiger partial charge in [-0.05, 0) is 18.3 Å². The number of hydrogen-bond donors (Lipinski definition) is 1. The van der Waals surface area contributed by atoms with Crippen molar-refractivity contribution in [1.29, 1.82) is 0 Å². The smallest absolute Gasteiger partial charge is 0.248 e. The molecule has 2 heteroatoms. The lowest BCUT2D eigenvalue weighted by molar-refractivity contribution is -0.114. The molecule has 1 aliphatic carbocycles. The molecule has 0 aromatic carbocycles. The van der Waals surface area contributed by atoms with E-state index >= 15 is 0 Å². The Morgan fingerprint density at radius 1 is 1.64 bits per heavy atom. The fraction of sp³-hybridized carbons (Fsp3) is 0.444. The maximum absolute atomic E-state index is 10.5. The normalized spacial score (nSPS) is 20.1. The SMILES string of the molecule is C=C(/C=C/C1(C)CC1)C(N)=O. The van der Waals surface area contributed by atoms with Crippen LogP contribution in [0.25, 0.3) is 0 Å².